The van der Waals surface area contributed by atoms with Crippen LogP contribution in [0.5, 0.6) is 0 Å². The van der Waals surface area contributed by atoms with E-state index in [4.69, 9.17) is 0 Å². The Morgan fingerprint density at radius 2 is 1.93 bits per heavy atom. The fraction of sp³-hybridized carbons (Fsp3) is 0.889. The van der Waals surface area contributed by atoms with Gasteiger partial charge in [-0.1, -0.05) is 26.2 Å². The van der Waals surface area contributed by atoms with E-state index < -0.39 is 16.3 Å². The predicted molar refractivity (Wildman–Crippen MR) is 55.3 cm³/mol. The summed E-state index contributed by atoms with van der Waals surface area (Å²) < 4.78 is 29.3. The van der Waals surface area contributed by atoms with Gasteiger partial charge in [-0.3, -0.25) is 4.79 Å². The van der Waals surface area contributed by atoms with E-state index in [1.807, 2.05) is 0 Å². The monoisotopic (exact) mass is 235 g/mol. The van der Waals surface area contributed by atoms with Crippen LogP contribution in [0.2, 0.25) is 0 Å². The molecule has 5 nitrogen and oxygen atoms in total. The highest BCUT2D eigenvalue weighted by atomic mass is 32.2. The van der Waals surface area contributed by atoms with Crippen LogP contribution < -0.4 is 4.72 Å². The van der Waals surface area contributed by atoms with Gasteiger partial charge in [0.1, 0.15) is 0 Å². The number of rotatable bonds is 4. The van der Waals surface area contributed by atoms with Crippen molar-refractivity contribution in [2.45, 2.75) is 51.5 Å². The molecule has 0 spiro atoms. The van der Waals surface area contributed by atoms with Gasteiger partial charge in [-0.2, -0.15) is 13.1 Å². The van der Waals surface area contributed by atoms with E-state index in [2.05, 4.69) is 8.91 Å². The zero-order chi connectivity index (χ0) is 11.3. The van der Waals surface area contributed by atoms with Gasteiger partial charge in [-0.25, -0.2) is 0 Å². The van der Waals surface area contributed by atoms with E-state index in [0.29, 0.717) is 0 Å². The summed E-state index contributed by atoms with van der Waals surface area (Å²) in [5.41, 5.74) is 0. The second kappa shape index (κ2) is 5.46. The van der Waals surface area contributed by atoms with Crippen molar-refractivity contribution in [1.82, 2.24) is 4.72 Å². The predicted octanol–water partition coefficient (Wildman–Crippen LogP) is 1.11. The number of carbonyl (C=O) groups excluding carboxylic acids is 1. The molecule has 0 heterocycles. The van der Waals surface area contributed by atoms with Crippen molar-refractivity contribution in [3.05, 3.63) is 0 Å². The lowest BCUT2D eigenvalue weighted by Crippen LogP contribution is -2.38. The standard InChI is InChI=1S/C9H17NO4S/c1-2-9(11)14-15(12,13)10-8-6-4-3-5-7-8/h8,10H,2-7H2,1H3. The van der Waals surface area contributed by atoms with Crippen molar-refractivity contribution < 1.29 is 17.4 Å². The normalized spacial score (nSPS) is 18.7. The highest BCUT2D eigenvalue weighted by molar-refractivity contribution is 7.85. The molecule has 0 amide bonds. The molecule has 0 unspecified atom stereocenters. The van der Waals surface area contributed by atoms with Gasteiger partial charge in [0.25, 0.3) is 0 Å². The van der Waals surface area contributed by atoms with Crippen LogP contribution in [0, 0.1) is 0 Å². The molecular weight excluding hydrogens is 218 g/mol. The molecule has 6 heteroatoms. The lowest BCUT2D eigenvalue weighted by molar-refractivity contribution is -0.133. The summed E-state index contributed by atoms with van der Waals surface area (Å²) in [6, 6.07) is -0.0755. The van der Waals surface area contributed by atoms with Crippen LogP contribution in [0.1, 0.15) is 45.4 Å². The molecule has 15 heavy (non-hydrogen) atoms. The Balaban J connectivity index is 2.44. The van der Waals surface area contributed by atoms with Gasteiger partial charge in [0, 0.05) is 12.5 Å². The smallest absolute Gasteiger partial charge is 0.334 e. The van der Waals surface area contributed by atoms with Gasteiger partial charge >= 0.3 is 16.3 Å². The third-order valence-corrected chi connectivity index (χ3v) is 3.43. The molecule has 88 valence electrons. The minimum absolute atomic E-state index is 0.0611. The maximum atomic E-state index is 11.3. The van der Waals surface area contributed by atoms with Gasteiger partial charge < -0.3 is 4.18 Å². The zero-order valence-corrected chi connectivity index (χ0v) is 9.68. The summed E-state index contributed by atoms with van der Waals surface area (Å²) in [5.74, 6) is -0.724. The second-order valence-electron chi connectivity index (χ2n) is 3.72. The van der Waals surface area contributed by atoms with E-state index >= 15 is 0 Å². The van der Waals surface area contributed by atoms with Crippen LogP contribution in [0.4, 0.5) is 0 Å². The van der Waals surface area contributed by atoms with Crippen molar-refractivity contribution in [3.8, 4) is 0 Å². The van der Waals surface area contributed by atoms with Crippen LogP contribution in [0.15, 0.2) is 0 Å². The second-order valence-corrected chi connectivity index (χ2v) is 5.03. The largest absolute Gasteiger partial charge is 0.385 e. The van der Waals surface area contributed by atoms with Crippen molar-refractivity contribution in [2.24, 2.45) is 0 Å². The van der Waals surface area contributed by atoms with E-state index in [1.54, 1.807) is 6.92 Å². The third kappa shape index (κ3) is 4.61. The summed E-state index contributed by atoms with van der Waals surface area (Å²) in [6.45, 7) is 1.55. The summed E-state index contributed by atoms with van der Waals surface area (Å²) in [6.07, 6.45) is 4.90. The molecule has 0 saturated heterocycles. The summed E-state index contributed by atoms with van der Waals surface area (Å²) in [5, 5.41) is 0. The third-order valence-electron chi connectivity index (χ3n) is 2.41. The SMILES string of the molecule is CCC(=O)OS(=O)(=O)NC1CCCCC1. The molecule has 0 atom stereocenters. The minimum atomic E-state index is -3.89. The van der Waals surface area contributed by atoms with E-state index in [1.165, 1.54) is 0 Å². The highest BCUT2D eigenvalue weighted by Gasteiger charge is 2.22. The van der Waals surface area contributed by atoms with E-state index in [-0.39, 0.29) is 12.5 Å². The topological polar surface area (TPSA) is 72.5 Å². The summed E-state index contributed by atoms with van der Waals surface area (Å²) >= 11 is 0. The first-order valence-electron chi connectivity index (χ1n) is 5.28. The van der Waals surface area contributed by atoms with Crippen LogP contribution in [-0.4, -0.2) is 20.4 Å². The van der Waals surface area contributed by atoms with Crippen LogP contribution in [0.3, 0.4) is 0 Å². The molecule has 1 aliphatic rings. The molecule has 0 radical (unpaired) electrons. The minimum Gasteiger partial charge on any atom is -0.334 e. The molecule has 1 N–H and O–H groups in total. The molecule has 0 bridgehead atoms. The Labute approximate surface area is 90.4 Å². The molecule has 1 aliphatic carbocycles. The van der Waals surface area contributed by atoms with Crippen LogP contribution >= 0.6 is 0 Å². The molecule has 1 fully saturated rings. The van der Waals surface area contributed by atoms with Gasteiger partial charge in [0.15, 0.2) is 0 Å². The number of nitrogens with one attached hydrogen (secondary N) is 1. The van der Waals surface area contributed by atoms with Crippen LogP contribution in [-0.2, 0) is 19.3 Å². The lowest BCUT2D eigenvalue weighted by Gasteiger charge is -2.21. The van der Waals surface area contributed by atoms with Crippen molar-refractivity contribution >= 4 is 16.3 Å². The van der Waals surface area contributed by atoms with E-state index in [0.717, 1.165) is 32.1 Å². The Bertz CT molecular complexity index is 306. The Kier molecular flexibility index (Phi) is 4.53. The average molecular weight is 235 g/mol. The maximum absolute atomic E-state index is 11.3. The summed E-state index contributed by atoms with van der Waals surface area (Å²) in [7, 11) is -3.89. The average Bonchev–Trinajstić information content (AvgIpc) is 2.17. The molecule has 0 aliphatic heterocycles. The quantitative estimate of drug-likeness (QED) is 0.792. The first-order valence-corrected chi connectivity index (χ1v) is 6.69. The van der Waals surface area contributed by atoms with Gasteiger partial charge in [-0.15, -0.1) is 0 Å². The highest BCUT2D eigenvalue weighted by Crippen LogP contribution is 2.18. The Hall–Kier alpha value is -0.620. The molecule has 0 aromatic heterocycles. The van der Waals surface area contributed by atoms with E-state index in [9.17, 15) is 13.2 Å². The zero-order valence-electron chi connectivity index (χ0n) is 8.86. The van der Waals surface area contributed by atoms with Crippen LogP contribution in [0.25, 0.3) is 0 Å². The molecule has 0 aromatic rings. The van der Waals surface area contributed by atoms with Gasteiger partial charge in [-0.05, 0) is 12.8 Å². The molecule has 1 saturated carbocycles. The van der Waals surface area contributed by atoms with Crippen molar-refractivity contribution in [2.75, 3.05) is 0 Å². The fourth-order valence-electron chi connectivity index (χ4n) is 1.63. The number of carbonyl (C=O) groups is 1. The maximum Gasteiger partial charge on any atom is 0.385 e. The van der Waals surface area contributed by atoms with Crippen molar-refractivity contribution in [1.29, 1.82) is 0 Å². The first-order chi connectivity index (χ1) is 7.03. The van der Waals surface area contributed by atoms with Crippen molar-refractivity contribution in [3.63, 3.8) is 0 Å². The lowest BCUT2D eigenvalue weighted by atomic mass is 9.96. The van der Waals surface area contributed by atoms with Gasteiger partial charge in [0.2, 0.25) is 0 Å². The Morgan fingerprint density at radius 3 is 2.47 bits per heavy atom. The molecule has 0 aromatic carbocycles. The molecule has 1 rings (SSSR count). The Morgan fingerprint density at radius 1 is 1.33 bits per heavy atom. The summed E-state index contributed by atoms with van der Waals surface area (Å²) in [4.78, 5) is 10.8. The first kappa shape index (κ1) is 12.4. The van der Waals surface area contributed by atoms with Gasteiger partial charge in [0.05, 0.1) is 0 Å². The fourth-order valence-corrected chi connectivity index (χ4v) is 2.68. The number of hydrogen-bond donors (Lipinski definition) is 1. The number of hydrogen-bond acceptors (Lipinski definition) is 4. The molecular formula is C9H17NO4S.